The Kier molecular flexibility index (Phi) is 14.0. The summed E-state index contributed by atoms with van der Waals surface area (Å²) < 4.78 is 0. The third-order valence-electron chi connectivity index (χ3n) is 8.55. The van der Waals surface area contributed by atoms with Gasteiger partial charge in [-0.15, -0.1) is 0 Å². The second-order valence-electron chi connectivity index (χ2n) is 12.3. The van der Waals surface area contributed by atoms with Crippen molar-refractivity contribution in [2.24, 2.45) is 11.8 Å². The van der Waals surface area contributed by atoms with Gasteiger partial charge in [0, 0.05) is 12.5 Å². The fourth-order valence-electron chi connectivity index (χ4n) is 5.92. The normalized spacial score (nSPS) is 16.6. The lowest BCUT2D eigenvalue weighted by molar-refractivity contribution is -0.121. The van der Waals surface area contributed by atoms with Crippen LogP contribution in [0.2, 0.25) is 0 Å². The van der Waals surface area contributed by atoms with Crippen molar-refractivity contribution >= 4 is 5.91 Å². The van der Waals surface area contributed by atoms with Gasteiger partial charge in [-0.25, -0.2) is 0 Å². The molecule has 0 aromatic heterocycles. The summed E-state index contributed by atoms with van der Waals surface area (Å²) in [5, 5.41) is 3.37. The first-order valence-corrected chi connectivity index (χ1v) is 15.9. The third-order valence-corrected chi connectivity index (χ3v) is 8.55. The molecule has 3 rings (SSSR count). The highest BCUT2D eigenvalue weighted by atomic mass is 16.1. The first-order valence-electron chi connectivity index (χ1n) is 15.9. The van der Waals surface area contributed by atoms with E-state index in [0.29, 0.717) is 6.42 Å². The molecule has 0 spiro atoms. The largest absolute Gasteiger partial charge is 0.353 e. The van der Waals surface area contributed by atoms with Crippen LogP contribution in [-0.2, 0) is 17.6 Å². The highest BCUT2D eigenvalue weighted by Crippen LogP contribution is 2.45. The third kappa shape index (κ3) is 12.6. The Hall–Kier alpha value is -2.09. The first-order chi connectivity index (χ1) is 18.5. The number of nitrogens with one attached hydrogen (secondary N) is 1. The van der Waals surface area contributed by atoms with Crippen LogP contribution in [0.15, 0.2) is 48.5 Å². The van der Waals surface area contributed by atoms with E-state index in [-0.39, 0.29) is 11.9 Å². The molecule has 2 heteroatoms. The molecule has 0 heterocycles. The summed E-state index contributed by atoms with van der Waals surface area (Å²) >= 11 is 0. The maximum absolute atomic E-state index is 12.8. The summed E-state index contributed by atoms with van der Waals surface area (Å²) in [6.45, 7) is 6.54. The Morgan fingerprint density at radius 2 is 1.13 bits per heavy atom. The van der Waals surface area contributed by atoms with E-state index in [1.54, 1.807) is 0 Å². The van der Waals surface area contributed by atoms with Gasteiger partial charge < -0.3 is 5.32 Å². The monoisotopic (exact) mass is 517 g/mol. The van der Waals surface area contributed by atoms with Crippen LogP contribution in [0.5, 0.6) is 0 Å². The minimum absolute atomic E-state index is 0.135. The molecule has 0 saturated heterocycles. The Balaban J connectivity index is 1.26. The standard InChI is InChI=1S/C36H55NO/c1-4-5-6-7-9-12-15-33-28-34(33)16-13-10-8-11-14-17-36(38)37-35(26-31-22-18-29(2)19-23-31)27-32-24-20-30(3)21-25-32/h18-25,33-35H,4-17,26-28H2,1-3H3,(H,37,38)/t33-,34+/m0/s1. The molecule has 38 heavy (non-hydrogen) atoms. The predicted molar refractivity (Wildman–Crippen MR) is 164 cm³/mol. The van der Waals surface area contributed by atoms with Gasteiger partial charge in [-0.1, -0.05) is 144 Å². The molecule has 1 amide bonds. The Morgan fingerprint density at radius 3 is 1.63 bits per heavy atom. The molecule has 2 aromatic carbocycles. The van der Waals surface area contributed by atoms with Gasteiger partial charge in [-0.2, -0.15) is 0 Å². The van der Waals surface area contributed by atoms with Crippen LogP contribution in [0.4, 0.5) is 0 Å². The number of hydrogen-bond donors (Lipinski definition) is 1. The van der Waals surface area contributed by atoms with Crippen LogP contribution in [-0.4, -0.2) is 11.9 Å². The minimum atomic E-state index is 0.135. The van der Waals surface area contributed by atoms with Gasteiger partial charge in [0.1, 0.15) is 0 Å². The number of rotatable bonds is 20. The molecule has 2 nitrogen and oxygen atoms in total. The van der Waals surface area contributed by atoms with E-state index in [1.165, 1.54) is 106 Å². The van der Waals surface area contributed by atoms with E-state index >= 15 is 0 Å². The molecule has 0 unspecified atom stereocenters. The van der Waals surface area contributed by atoms with Gasteiger partial charge in [-0.3, -0.25) is 4.79 Å². The van der Waals surface area contributed by atoms with Gasteiger partial charge in [0.25, 0.3) is 0 Å². The number of aryl methyl sites for hydroxylation is 2. The van der Waals surface area contributed by atoms with Gasteiger partial charge in [0.2, 0.25) is 5.91 Å². The first kappa shape index (κ1) is 30.5. The van der Waals surface area contributed by atoms with Gasteiger partial charge in [0.05, 0.1) is 0 Å². The number of carbonyl (C=O) groups is 1. The quantitative estimate of drug-likeness (QED) is 0.174. The van der Waals surface area contributed by atoms with Crippen molar-refractivity contribution in [2.45, 2.75) is 136 Å². The minimum Gasteiger partial charge on any atom is -0.353 e. The Labute approximate surface area is 234 Å². The van der Waals surface area contributed by atoms with Crippen LogP contribution in [0.25, 0.3) is 0 Å². The van der Waals surface area contributed by atoms with Crippen LogP contribution >= 0.6 is 0 Å². The molecule has 0 bridgehead atoms. The molecular formula is C36H55NO. The topological polar surface area (TPSA) is 29.1 Å². The summed E-state index contributed by atoms with van der Waals surface area (Å²) in [5.74, 6) is 2.30. The number of hydrogen-bond acceptors (Lipinski definition) is 1. The number of carbonyl (C=O) groups excluding carboxylic acids is 1. The lowest BCUT2D eigenvalue weighted by Gasteiger charge is -2.20. The van der Waals surface area contributed by atoms with Crippen molar-refractivity contribution in [3.05, 3.63) is 70.8 Å². The predicted octanol–water partition coefficient (Wildman–Crippen LogP) is 9.69. The molecule has 2 aromatic rings. The second-order valence-corrected chi connectivity index (χ2v) is 12.3. The molecule has 2 atom stereocenters. The van der Waals surface area contributed by atoms with Gasteiger partial charge in [0.15, 0.2) is 0 Å². The summed E-state index contributed by atoms with van der Waals surface area (Å²) in [6, 6.07) is 17.6. The van der Waals surface area contributed by atoms with Gasteiger partial charge in [-0.05, 0) is 62.5 Å². The zero-order valence-electron chi connectivity index (χ0n) is 24.8. The molecule has 0 radical (unpaired) electrons. The van der Waals surface area contributed by atoms with Crippen LogP contribution < -0.4 is 5.32 Å². The van der Waals surface area contributed by atoms with Crippen LogP contribution in [0.1, 0.15) is 125 Å². The number of amides is 1. The molecule has 1 aliphatic carbocycles. The van der Waals surface area contributed by atoms with Crippen molar-refractivity contribution in [3.63, 3.8) is 0 Å². The molecule has 1 aliphatic rings. The smallest absolute Gasteiger partial charge is 0.220 e. The second kappa shape index (κ2) is 17.5. The van der Waals surface area contributed by atoms with Crippen LogP contribution in [0, 0.1) is 25.7 Å². The Morgan fingerprint density at radius 1 is 0.684 bits per heavy atom. The lowest BCUT2D eigenvalue weighted by atomic mass is 9.97. The zero-order valence-corrected chi connectivity index (χ0v) is 24.8. The zero-order chi connectivity index (χ0) is 27.0. The number of unbranched alkanes of at least 4 members (excludes halogenated alkanes) is 9. The van der Waals surface area contributed by atoms with Crippen LogP contribution in [0.3, 0.4) is 0 Å². The van der Waals surface area contributed by atoms with E-state index < -0.39 is 0 Å². The lowest BCUT2D eigenvalue weighted by Crippen LogP contribution is -2.38. The van der Waals surface area contributed by atoms with Crippen molar-refractivity contribution in [1.82, 2.24) is 5.32 Å². The van der Waals surface area contributed by atoms with Crippen molar-refractivity contribution in [1.29, 1.82) is 0 Å². The fraction of sp³-hybridized carbons (Fsp3) is 0.639. The van der Waals surface area contributed by atoms with E-state index in [2.05, 4.69) is 74.6 Å². The maximum Gasteiger partial charge on any atom is 0.220 e. The van der Waals surface area contributed by atoms with E-state index in [1.807, 2.05) is 0 Å². The summed E-state index contributed by atoms with van der Waals surface area (Å²) in [7, 11) is 0. The maximum atomic E-state index is 12.8. The average Bonchev–Trinajstić information content (AvgIpc) is 3.66. The molecule has 1 saturated carbocycles. The molecule has 1 fully saturated rings. The van der Waals surface area contributed by atoms with Crippen molar-refractivity contribution < 1.29 is 4.79 Å². The van der Waals surface area contributed by atoms with Crippen molar-refractivity contribution in [2.75, 3.05) is 0 Å². The van der Waals surface area contributed by atoms with Crippen molar-refractivity contribution in [3.8, 4) is 0 Å². The van der Waals surface area contributed by atoms with Gasteiger partial charge >= 0.3 is 0 Å². The molecule has 1 N–H and O–H groups in total. The average molecular weight is 518 g/mol. The summed E-state index contributed by atoms with van der Waals surface area (Å²) in [6.07, 6.45) is 21.6. The SMILES string of the molecule is CCCCCCCC[C@H]1C[C@H]1CCCCCCCC(=O)NC(Cc1ccc(C)cc1)Cc1ccc(C)cc1. The van der Waals surface area contributed by atoms with E-state index in [9.17, 15) is 4.79 Å². The summed E-state index contributed by atoms with van der Waals surface area (Å²) in [4.78, 5) is 12.8. The fourth-order valence-corrected chi connectivity index (χ4v) is 5.92. The van der Waals surface area contributed by atoms with E-state index in [0.717, 1.165) is 31.1 Å². The Bertz CT molecular complexity index is 852. The molecule has 210 valence electrons. The highest BCUT2D eigenvalue weighted by Gasteiger charge is 2.35. The number of benzene rings is 2. The summed E-state index contributed by atoms with van der Waals surface area (Å²) in [5.41, 5.74) is 5.13. The molecule has 0 aliphatic heterocycles. The highest BCUT2D eigenvalue weighted by molar-refractivity contribution is 5.76. The van der Waals surface area contributed by atoms with E-state index in [4.69, 9.17) is 0 Å². The molecular weight excluding hydrogens is 462 g/mol.